The fraction of sp³-hybridized carbons (Fsp3) is 0.667. The van der Waals surface area contributed by atoms with Gasteiger partial charge in [0, 0.05) is 6.42 Å². The summed E-state index contributed by atoms with van der Waals surface area (Å²) in [6, 6.07) is 0. The smallest absolute Gasteiger partial charge is 0.189 e. The molecule has 0 aliphatic heterocycles. The van der Waals surface area contributed by atoms with Gasteiger partial charge in [0.25, 0.3) is 0 Å². The SMILES string of the molecule is C=CCOC1(O)C=CC=C(C(CCC)CCCCC)C1. The van der Waals surface area contributed by atoms with Crippen LogP contribution in [-0.2, 0) is 4.74 Å². The van der Waals surface area contributed by atoms with Crippen LogP contribution in [0.5, 0.6) is 0 Å². The van der Waals surface area contributed by atoms with Gasteiger partial charge in [-0.15, -0.1) is 6.58 Å². The number of unbranched alkanes of at least 4 members (excludes halogenated alkanes) is 2. The van der Waals surface area contributed by atoms with Crippen LogP contribution in [0.2, 0.25) is 0 Å². The summed E-state index contributed by atoms with van der Waals surface area (Å²) in [6.45, 7) is 8.48. The summed E-state index contributed by atoms with van der Waals surface area (Å²) < 4.78 is 5.51. The van der Waals surface area contributed by atoms with Crippen molar-refractivity contribution in [3.8, 4) is 0 Å². The molecule has 1 N–H and O–H groups in total. The fourth-order valence-electron chi connectivity index (χ4n) is 2.82. The summed E-state index contributed by atoms with van der Waals surface area (Å²) in [5.41, 5.74) is 1.33. The quantitative estimate of drug-likeness (QED) is 0.354. The molecule has 0 aromatic rings. The standard InChI is InChI=1S/C18H30O2/c1-4-7-8-11-16(10-5-2)17-12-9-13-18(19,15-17)20-14-6-3/h6,9,12-13,16,19H,3-5,7-8,10-11,14-15H2,1-2H3. The molecule has 0 spiro atoms. The van der Waals surface area contributed by atoms with Gasteiger partial charge in [0.2, 0.25) is 0 Å². The van der Waals surface area contributed by atoms with Gasteiger partial charge in [0.05, 0.1) is 6.61 Å². The molecule has 2 atom stereocenters. The van der Waals surface area contributed by atoms with Crippen LogP contribution in [0, 0.1) is 5.92 Å². The number of hydrogen-bond acceptors (Lipinski definition) is 2. The lowest BCUT2D eigenvalue weighted by molar-refractivity contribution is -0.158. The largest absolute Gasteiger partial charge is 0.362 e. The van der Waals surface area contributed by atoms with Gasteiger partial charge >= 0.3 is 0 Å². The highest BCUT2D eigenvalue weighted by Crippen LogP contribution is 2.33. The van der Waals surface area contributed by atoms with Crippen LogP contribution in [-0.4, -0.2) is 17.5 Å². The molecule has 0 aromatic heterocycles. The van der Waals surface area contributed by atoms with Gasteiger partial charge in [-0.25, -0.2) is 0 Å². The van der Waals surface area contributed by atoms with Gasteiger partial charge in [-0.2, -0.15) is 0 Å². The maximum atomic E-state index is 10.5. The normalized spacial score (nSPS) is 23.4. The lowest BCUT2D eigenvalue weighted by Crippen LogP contribution is -2.33. The molecule has 0 saturated heterocycles. The molecule has 0 fully saturated rings. The van der Waals surface area contributed by atoms with E-state index in [0.29, 0.717) is 18.9 Å². The predicted molar refractivity (Wildman–Crippen MR) is 85.5 cm³/mol. The van der Waals surface area contributed by atoms with E-state index < -0.39 is 5.79 Å². The Balaban J connectivity index is 2.63. The Morgan fingerprint density at radius 2 is 2.15 bits per heavy atom. The topological polar surface area (TPSA) is 29.5 Å². The molecule has 0 amide bonds. The van der Waals surface area contributed by atoms with Gasteiger partial charge in [0.15, 0.2) is 5.79 Å². The van der Waals surface area contributed by atoms with E-state index in [1.54, 1.807) is 12.2 Å². The summed E-state index contributed by atoms with van der Waals surface area (Å²) >= 11 is 0. The van der Waals surface area contributed by atoms with Crippen LogP contribution >= 0.6 is 0 Å². The Hall–Kier alpha value is -0.860. The van der Waals surface area contributed by atoms with Crippen molar-refractivity contribution in [2.24, 2.45) is 5.92 Å². The lowest BCUT2D eigenvalue weighted by atomic mass is 9.83. The van der Waals surface area contributed by atoms with E-state index in [0.717, 1.165) is 0 Å². The van der Waals surface area contributed by atoms with Crippen molar-refractivity contribution in [3.63, 3.8) is 0 Å². The minimum Gasteiger partial charge on any atom is -0.362 e. The molecule has 2 heteroatoms. The van der Waals surface area contributed by atoms with Crippen molar-refractivity contribution in [2.45, 2.75) is 64.6 Å². The monoisotopic (exact) mass is 278 g/mol. The molecule has 0 saturated carbocycles. The van der Waals surface area contributed by atoms with Crippen LogP contribution in [0.25, 0.3) is 0 Å². The molecular weight excluding hydrogens is 248 g/mol. The molecule has 0 aromatic carbocycles. The summed E-state index contributed by atoms with van der Waals surface area (Å²) in [5.74, 6) is -0.565. The summed E-state index contributed by atoms with van der Waals surface area (Å²) in [5, 5.41) is 10.5. The highest BCUT2D eigenvalue weighted by Gasteiger charge is 2.30. The number of ether oxygens (including phenoxy) is 1. The van der Waals surface area contributed by atoms with Crippen LogP contribution < -0.4 is 0 Å². The molecular formula is C18H30O2. The molecule has 1 rings (SSSR count). The van der Waals surface area contributed by atoms with Crippen molar-refractivity contribution >= 4 is 0 Å². The van der Waals surface area contributed by atoms with Crippen molar-refractivity contribution in [1.82, 2.24) is 0 Å². The summed E-state index contributed by atoms with van der Waals surface area (Å²) in [4.78, 5) is 0. The van der Waals surface area contributed by atoms with Crippen LogP contribution in [0.1, 0.15) is 58.8 Å². The maximum Gasteiger partial charge on any atom is 0.189 e. The van der Waals surface area contributed by atoms with Gasteiger partial charge in [-0.3, -0.25) is 0 Å². The third kappa shape index (κ3) is 5.64. The fourth-order valence-corrected chi connectivity index (χ4v) is 2.82. The minimum atomic E-state index is -1.14. The highest BCUT2D eigenvalue weighted by molar-refractivity contribution is 5.25. The molecule has 1 aliphatic rings. The zero-order valence-corrected chi connectivity index (χ0v) is 13.1. The molecule has 1 aliphatic carbocycles. The Morgan fingerprint density at radius 3 is 2.80 bits per heavy atom. The van der Waals surface area contributed by atoms with Crippen molar-refractivity contribution in [3.05, 3.63) is 36.5 Å². The number of rotatable bonds is 10. The van der Waals surface area contributed by atoms with Crippen molar-refractivity contribution in [2.75, 3.05) is 6.61 Å². The molecule has 114 valence electrons. The van der Waals surface area contributed by atoms with E-state index in [4.69, 9.17) is 4.74 Å². The van der Waals surface area contributed by atoms with Gasteiger partial charge in [-0.1, -0.05) is 63.3 Å². The molecule has 2 nitrogen and oxygen atoms in total. The van der Waals surface area contributed by atoms with Crippen LogP contribution in [0.3, 0.4) is 0 Å². The third-order valence-electron chi connectivity index (χ3n) is 3.89. The second-order valence-corrected chi connectivity index (χ2v) is 5.70. The Morgan fingerprint density at radius 1 is 1.35 bits per heavy atom. The summed E-state index contributed by atoms with van der Waals surface area (Å²) in [6.07, 6.45) is 15.5. The van der Waals surface area contributed by atoms with Gasteiger partial charge in [0.1, 0.15) is 0 Å². The van der Waals surface area contributed by atoms with E-state index in [1.807, 2.05) is 6.08 Å². The van der Waals surface area contributed by atoms with E-state index in [-0.39, 0.29) is 0 Å². The predicted octanol–water partition coefficient (Wildman–Crippen LogP) is 4.76. The molecule has 0 bridgehead atoms. The van der Waals surface area contributed by atoms with Gasteiger partial charge < -0.3 is 9.84 Å². The molecule has 2 unspecified atom stereocenters. The Kier molecular flexibility index (Phi) is 7.86. The number of aliphatic hydroxyl groups is 1. The first-order valence-electron chi connectivity index (χ1n) is 8.00. The first-order valence-corrected chi connectivity index (χ1v) is 8.00. The van der Waals surface area contributed by atoms with E-state index in [2.05, 4.69) is 26.5 Å². The number of allylic oxidation sites excluding steroid dienone is 2. The van der Waals surface area contributed by atoms with Crippen LogP contribution in [0.15, 0.2) is 36.5 Å². The first kappa shape index (κ1) is 17.2. The van der Waals surface area contributed by atoms with E-state index in [9.17, 15) is 5.11 Å². The first-order chi connectivity index (χ1) is 9.65. The van der Waals surface area contributed by atoms with Crippen molar-refractivity contribution < 1.29 is 9.84 Å². The lowest BCUT2D eigenvalue weighted by Gasteiger charge is -2.31. The highest BCUT2D eigenvalue weighted by atomic mass is 16.6. The maximum absolute atomic E-state index is 10.5. The second kappa shape index (κ2) is 9.15. The molecule has 20 heavy (non-hydrogen) atoms. The van der Waals surface area contributed by atoms with Crippen LogP contribution in [0.4, 0.5) is 0 Å². The third-order valence-corrected chi connectivity index (χ3v) is 3.89. The number of hydrogen-bond donors (Lipinski definition) is 1. The minimum absolute atomic E-state index is 0.377. The molecule has 0 radical (unpaired) electrons. The van der Waals surface area contributed by atoms with E-state index >= 15 is 0 Å². The zero-order valence-electron chi connectivity index (χ0n) is 13.1. The average molecular weight is 278 g/mol. The average Bonchev–Trinajstić information content (AvgIpc) is 2.44. The van der Waals surface area contributed by atoms with E-state index in [1.165, 1.54) is 44.1 Å². The second-order valence-electron chi connectivity index (χ2n) is 5.70. The van der Waals surface area contributed by atoms with Crippen molar-refractivity contribution in [1.29, 1.82) is 0 Å². The Bertz CT molecular complexity index is 343. The zero-order chi connectivity index (χ0) is 14.8. The van der Waals surface area contributed by atoms with Gasteiger partial charge in [-0.05, 0) is 24.8 Å². The molecule has 0 heterocycles. The summed E-state index contributed by atoms with van der Waals surface area (Å²) in [7, 11) is 0. The Labute approximate surface area is 124 Å².